The van der Waals surface area contributed by atoms with Gasteiger partial charge in [0.2, 0.25) is 10.0 Å². The van der Waals surface area contributed by atoms with Crippen molar-refractivity contribution in [1.82, 2.24) is 9.62 Å². The van der Waals surface area contributed by atoms with Crippen molar-refractivity contribution in [3.8, 4) is 0 Å². The Morgan fingerprint density at radius 2 is 2.05 bits per heavy atom. The van der Waals surface area contributed by atoms with Gasteiger partial charge in [-0.15, -0.1) is 12.4 Å². The second-order valence-corrected chi connectivity index (χ2v) is 6.21. The maximum Gasteiger partial charge on any atom is 0.246 e. The molecule has 8 heteroatoms. The summed E-state index contributed by atoms with van der Waals surface area (Å²) < 4.78 is 51.8. The smallest absolute Gasteiger partial charge is 0.246 e. The molecule has 0 radical (unpaired) electrons. The zero-order valence-corrected chi connectivity index (χ0v) is 11.9. The lowest BCUT2D eigenvalue weighted by molar-refractivity contribution is 0.385. The monoisotopic (exact) mass is 312 g/mol. The third-order valence-electron chi connectivity index (χ3n) is 3.10. The van der Waals surface area contributed by atoms with Crippen LogP contribution in [-0.2, 0) is 10.0 Å². The molecule has 0 bridgehead atoms. The van der Waals surface area contributed by atoms with Crippen molar-refractivity contribution in [2.24, 2.45) is 0 Å². The van der Waals surface area contributed by atoms with Gasteiger partial charge in [0.1, 0.15) is 16.5 Å². The summed E-state index contributed by atoms with van der Waals surface area (Å²) >= 11 is 0. The normalized spacial score (nSPS) is 19.5. The minimum absolute atomic E-state index is 0. The number of sulfonamides is 1. The summed E-state index contributed by atoms with van der Waals surface area (Å²) in [6, 6.07) is 2.28. The largest absolute Gasteiger partial charge is 0.315 e. The Labute approximate surface area is 117 Å². The Kier molecular flexibility index (Phi) is 5.26. The van der Waals surface area contributed by atoms with Crippen LogP contribution in [-0.4, -0.2) is 38.9 Å². The molecule has 4 nitrogen and oxygen atoms in total. The molecular formula is C11H15ClF2N2O2S. The Bertz CT molecular complexity index is 548. The summed E-state index contributed by atoms with van der Waals surface area (Å²) in [4.78, 5) is -0.488. The highest BCUT2D eigenvalue weighted by Crippen LogP contribution is 2.22. The van der Waals surface area contributed by atoms with Gasteiger partial charge in [0.05, 0.1) is 0 Å². The van der Waals surface area contributed by atoms with Crippen molar-refractivity contribution >= 4 is 22.4 Å². The maximum atomic E-state index is 13.5. The number of halogens is 3. The van der Waals surface area contributed by atoms with Crippen molar-refractivity contribution in [3.05, 3.63) is 29.8 Å². The molecule has 19 heavy (non-hydrogen) atoms. The number of nitrogens with one attached hydrogen (secondary N) is 1. The first-order valence-electron chi connectivity index (χ1n) is 5.57. The maximum absolute atomic E-state index is 13.5. The molecule has 0 amide bonds. The van der Waals surface area contributed by atoms with E-state index in [1.807, 2.05) is 0 Å². The van der Waals surface area contributed by atoms with Crippen LogP contribution in [0.1, 0.15) is 6.42 Å². The van der Waals surface area contributed by atoms with Gasteiger partial charge in [-0.25, -0.2) is 17.2 Å². The van der Waals surface area contributed by atoms with E-state index in [1.165, 1.54) is 7.05 Å². The molecule has 108 valence electrons. The summed E-state index contributed by atoms with van der Waals surface area (Å²) in [7, 11) is -2.51. The zero-order valence-electron chi connectivity index (χ0n) is 10.3. The first-order chi connectivity index (χ1) is 8.43. The number of benzene rings is 1. The first-order valence-corrected chi connectivity index (χ1v) is 7.01. The molecule has 1 fully saturated rings. The van der Waals surface area contributed by atoms with Gasteiger partial charge in [-0.05, 0) is 25.1 Å². The van der Waals surface area contributed by atoms with Gasteiger partial charge in [0.15, 0.2) is 0 Å². The molecule has 1 heterocycles. The summed E-state index contributed by atoms with van der Waals surface area (Å²) in [6.45, 7) is 1.27. The standard InChI is InChI=1S/C11H14F2N2O2S.ClH/c1-15(9-4-5-14-7-9)18(16,17)11-3-2-8(12)6-10(11)13;/h2-3,6,9,14H,4-5,7H2,1H3;1H. The van der Waals surface area contributed by atoms with E-state index in [-0.39, 0.29) is 18.4 Å². The SMILES string of the molecule is CN(C1CCNC1)S(=O)(=O)c1ccc(F)cc1F.Cl. The molecule has 1 atom stereocenters. The van der Waals surface area contributed by atoms with Gasteiger partial charge in [0.25, 0.3) is 0 Å². The summed E-state index contributed by atoms with van der Waals surface area (Å²) in [5.41, 5.74) is 0. The van der Waals surface area contributed by atoms with Gasteiger partial charge >= 0.3 is 0 Å². The molecule has 1 aromatic rings. The average molecular weight is 313 g/mol. The quantitative estimate of drug-likeness (QED) is 0.917. The van der Waals surface area contributed by atoms with Crippen LogP contribution in [0.15, 0.2) is 23.1 Å². The van der Waals surface area contributed by atoms with E-state index in [0.29, 0.717) is 19.0 Å². The average Bonchev–Trinajstić information content (AvgIpc) is 2.80. The molecule has 1 N–H and O–H groups in total. The number of rotatable bonds is 3. The highest BCUT2D eigenvalue weighted by molar-refractivity contribution is 7.89. The van der Waals surface area contributed by atoms with E-state index >= 15 is 0 Å². The summed E-state index contributed by atoms with van der Waals surface area (Å²) in [5, 5.41) is 3.04. The third-order valence-corrected chi connectivity index (χ3v) is 5.04. The van der Waals surface area contributed by atoms with Crippen LogP contribution >= 0.6 is 12.4 Å². The third kappa shape index (κ3) is 3.22. The molecule has 1 aromatic carbocycles. The highest BCUT2D eigenvalue weighted by Gasteiger charge is 2.31. The van der Waals surface area contributed by atoms with Gasteiger partial charge in [0, 0.05) is 25.7 Å². The van der Waals surface area contributed by atoms with Crippen molar-refractivity contribution in [1.29, 1.82) is 0 Å². The van der Waals surface area contributed by atoms with Crippen molar-refractivity contribution < 1.29 is 17.2 Å². The van der Waals surface area contributed by atoms with E-state index in [0.717, 1.165) is 23.0 Å². The van der Waals surface area contributed by atoms with E-state index in [9.17, 15) is 17.2 Å². The molecular weight excluding hydrogens is 298 g/mol. The molecule has 1 saturated heterocycles. The zero-order chi connectivity index (χ0) is 13.3. The summed E-state index contributed by atoms with van der Waals surface area (Å²) in [6.07, 6.45) is 0.679. The number of hydrogen-bond acceptors (Lipinski definition) is 3. The second-order valence-electron chi connectivity index (χ2n) is 4.24. The Morgan fingerprint density at radius 1 is 1.37 bits per heavy atom. The lowest BCUT2D eigenvalue weighted by Gasteiger charge is -2.23. The lowest BCUT2D eigenvalue weighted by atomic mass is 10.3. The van der Waals surface area contributed by atoms with Gasteiger partial charge in [-0.3, -0.25) is 0 Å². The molecule has 0 saturated carbocycles. The molecule has 1 unspecified atom stereocenters. The second kappa shape index (κ2) is 6.13. The fourth-order valence-corrected chi connectivity index (χ4v) is 3.41. The van der Waals surface area contributed by atoms with Crippen LogP contribution in [0.25, 0.3) is 0 Å². The van der Waals surface area contributed by atoms with Crippen molar-refractivity contribution in [2.45, 2.75) is 17.4 Å². The molecule has 2 rings (SSSR count). The first kappa shape index (κ1) is 16.3. The van der Waals surface area contributed by atoms with Crippen LogP contribution < -0.4 is 5.32 Å². The van der Waals surface area contributed by atoms with Crippen molar-refractivity contribution in [3.63, 3.8) is 0 Å². The fourth-order valence-electron chi connectivity index (χ4n) is 1.99. The van der Waals surface area contributed by atoms with Crippen LogP contribution in [0.4, 0.5) is 8.78 Å². The van der Waals surface area contributed by atoms with E-state index in [4.69, 9.17) is 0 Å². The molecule has 0 aliphatic carbocycles. The van der Waals surface area contributed by atoms with E-state index in [2.05, 4.69) is 5.32 Å². The minimum Gasteiger partial charge on any atom is -0.315 e. The predicted molar refractivity (Wildman–Crippen MR) is 69.8 cm³/mol. The Morgan fingerprint density at radius 3 is 2.58 bits per heavy atom. The number of likely N-dealkylation sites (N-methyl/N-ethyl adjacent to an activating group) is 1. The van der Waals surface area contributed by atoms with Crippen LogP contribution in [0.3, 0.4) is 0 Å². The Hall–Kier alpha value is -0.760. The minimum atomic E-state index is -3.92. The van der Waals surface area contributed by atoms with Gasteiger partial charge < -0.3 is 5.32 Å². The molecule has 1 aliphatic heterocycles. The van der Waals surface area contributed by atoms with Crippen LogP contribution in [0, 0.1) is 11.6 Å². The number of nitrogens with zero attached hydrogens (tertiary/aromatic N) is 1. The van der Waals surface area contributed by atoms with E-state index in [1.54, 1.807) is 0 Å². The topological polar surface area (TPSA) is 49.4 Å². The predicted octanol–water partition coefficient (Wildman–Crippen LogP) is 1.37. The molecule has 0 spiro atoms. The highest BCUT2D eigenvalue weighted by atomic mass is 35.5. The van der Waals surface area contributed by atoms with Crippen LogP contribution in [0.5, 0.6) is 0 Å². The molecule has 1 aliphatic rings. The Balaban J connectivity index is 0.00000180. The fraction of sp³-hybridized carbons (Fsp3) is 0.455. The summed E-state index contributed by atoms with van der Waals surface area (Å²) in [5.74, 6) is -1.86. The van der Waals surface area contributed by atoms with Crippen LogP contribution in [0.2, 0.25) is 0 Å². The van der Waals surface area contributed by atoms with Gasteiger partial charge in [-0.2, -0.15) is 4.31 Å². The lowest BCUT2D eigenvalue weighted by Crippen LogP contribution is -2.38. The van der Waals surface area contributed by atoms with Crippen molar-refractivity contribution in [2.75, 3.05) is 20.1 Å². The molecule has 0 aromatic heterocycles. The van der Waals surface area contributed by atoms with E-state index < -0.39 is 26.6 Å². The van der Waals surface area contributed by atoms with Gasteiger partial charge in [-0.1, -0.05) is 0 Å². The number of hydrogen-bond donors (Lipinski definition) is 1.